The van der Waals surface area contributed by atoms with E-state index in [1.165, 1.54) is 0 Å². The molecule has 0 spiro atoms. The van der Waals surface area contributed by atoms with Crippen molar-refractivity contribution >= 4 is 11.8 Å². The van der Waals surface area contributed by atoms with Crippen LogP contribution in [0, 0.1) is 33.8 Å². The first-order valence-electron chi connectivity index (χ1n) is 10.2. The molecule has 0 aromatic carbocycles. The van der Waals surface area contributed by atoms with E-state index in [2.05, 4.69) is 6.92 Å². The minimum Gasteiger partial charge on any atom is -0.481 e. The Balaban J connectivity index is 3.02. The summed E-state index contributed by atoms with van der Waals surface area (Å²) in [5.41, 5.74) is 0. The summed E-state index contributed by atoms with van der Waals surface area (Å²) in [6.07, 6.45) is 10.6. The van der Waals surface area contributed by atoms with Crippen molar-refractivity contribution in [3.8, 4) is 0 Å². The third-order valence-electron chi connectivity index (χ3n) is 5.47. The second kappa shape index (κ2) is 12.4. The fourth-order valence-corrected chi connectivity index (χ4v) is 4.04. The van der Waals surface area contributed by atoms with Crippen LogP contribution in [-0.2, 0) is 9.59 Å². The van der Waals surface area contributed by atoms with Gasteiger partial charge in [-0.3, -0.25) is 19.7 Å². The molecule has 7 heteroatoms. The summed E-state index contributed by atoms with van der Waals surface area (Å²) >= 11 is 0. The highest BCUT2D eigenvalue weighted by Crippen LogP contribution is 2.41. The lowest BCUT2D eigenvalue weighted by atomic mass is 9.78. The zero-order valence-electron chi connectivity index (χ0n) is 16.8. The van der Waals surface area contributed by atoms with Gasteiger partial charge in [-0.05, 0) is 32.1 Å². The number of carboxylic acid groups (broad SMARTS) is 1. The third-order valence-corrected chi connectivity index (χ3v) is 5.47. The van der Waals surface area contributed by atoms with Gasteiger partial charge in [0, 0.05) is 23.2 Å². The average molecular weight is 395 g/mol. The zero-order valence-corrected chi connectivity index (χ0v) is 16.8. The second-order valence-corrected chi connectivity index (χ2v) is 7.59. The van der Waals surface area contributed by atoms with E-state index in [1.54, 1.807) is 12.2 Å². The predicted molar refractivity (Wildman–Crippen MR) is 106 cm³/mol. The maximum Gasteiger partial charge on any atom is 0.307 e. The number of Topliss-reactive ketones (excluding diaryl/α,β-unsaturated/α-hetero) is 1. The van der Waals surface area contributed by atoms with Crippen LogP contribution in [-0.4, -0.2) is 39.5 Å². The van der Waals surface area contributed by atoms with E-state index >= 15 is 0 Å². The third kappa shape index (κ3) is 7.54. The highest BCUT2D eigenvalue weighted by atomic mass is 16.6. The number of nitrogens with zero attached hydrogens (tertiary/aromatic N) is 1. The summed E-state index contributed by atoms with van der Waals surface area (Å²) in [5.74, 6) is -4.01. The summed E-state index contributed by atoms with van der Waals surface area (Å²) in [6.45, 7) is 3.54. The number of ketones is 1. The molecular weight excluding hydrogens is 362 g/mol. The van der Waals surface area contributed by atoms with E-state index in [-0.39, 0.29) is 18.7 Å². The van der Waals surface area contributed by atoms with Crippen molar-refractivity contribution in [2.24, 2.45) is 23.7 Å². The number of aliphatic hydroxyl groups excluding tert-OH is 1. The number of allylic oxidation sites excluding steroid dienone is 3. The monoisotopic (exact) mass is 395 g/mol. The minimum absolute atomic E-state index is 0.0139. The van der Waals surface area contributed by atoms with Gasteiger partial charge in [-0.1, -0.05) is 50.5 Å². The molecule has 0 bridgehead atoms. The molecule has 0 aromatic rings. The lowest BCUT2D eigenvalue weighted by Crippen LogP contribution is -2.32. The van der Waals surface area contributed by atoms with Crippen LogP contribution in [0.4, 0.5) is 0 Å². The summed E-state index contributed by atoms with van der Waals surface area (Å²) in [6, 6.07) is 0. The molecule has 0 radical (unpaired) electrons. The number of hydrogen-bond acceptors (Lipinski definition) is 5. The van der Waals surface area contributed by atoms with Crippen LogP contribution in [0.25, 0.3) is 0 Å². The van der Waals surface area contributed by atoms with Crippen LogP contribution in [0.2, 0.25) is 0 Å². The molecule has 158 valence electrons. The van der Waals surface area contributed by atoms with Crippen LogP contribution in [0.15, 0.2) is 24.3 Å². The standard InChI is InChI=1S/C21H33NO6/c1-3-5-7-9-16(23)11-12-17-15(14-22(27)28)13-19(24)20(17)18(21(25)26)10-8-6-4-2/h4,6,11-12,15-18,20,23H,3,5,7-10,13-14H2,1-2H3,(H,25,26)/b6-4+,12-11+. The van der Waals surface area contributed by atoms with Crippen molar-refractivity contribution < 1.29 is 24.7 Å². The minimum atomic E-state index is -1.05. The summed E-state index contributed by atoms with van der Waals surface area (Å²) in [5, 5.41) is 30.9. The van der Waals surface area contributed by atoms with E-state index in [0.717, 1.165) is 19.3 Å². The normalized spacial score (nSPS) is 24.8. The molecule has 5 unspecified atom stereocenters. The lowest BCUT2D eigenvalue weighted by Gasteiger charge is -2.24. The van der Waals surface area contributed by atoms with Gasteiger partial charge < -0.3 is 10.2 Å². The molecule has 2 N–H and O–H groups in total. The number of carbonyl (C=O) groups excluding carboxylic acids is 1. The van der Waals surface area contributed by atoms with Gasteiger partial charge in [-0.15, -0.1) is 0 Å². The van der Waals surface area contributed by atoms with E-state index in [4.69, 9.17) is 0 Å². The Bertz CT molecular complexity index is 585. The first-order chi connectivity index (χ1) is 13.3. The highest BCUT2D eigenvalue weighted by molar-refractivity contribution is 5.89. The molecule has 5 atom stereocenters. The quantitative estimate of drug-likeness (QED) is 0.213. The highest BCUT2D eigenvalue weighted by Gasteiger charge is 2.48. The summed E-state index contributed by atoms with van der Waals surface area (Å²) in [4.78, 5) is 35.0. The van der Waals surface area contributed by atoms with Gasteiger partial charge in [0.15, 0.2) is 0 Å². The van der Waals surface area contributed by atoms with Crippen LogP contribution >= 0.6 is 0 Å². The molecule has 28 heavy (non-hydrogen) atoms. The number of hydrogen-bond donors (Lipinski definition) is 2. The molecular formula is C21H33NO6. The summed E-state index contributed by atoms with van der Waals surface area (Å²) < 4.78 is 0. The van der Waals surface area contributed by atoms with E-state index < -0.39 is 40.7 Å². The number of rotatable bonds is 13. The molecule has 0 heterocycles. The SMILES string of the molecule is C/C=C/CCC(C(=O)O)C1C(=O)CC(C[N+](=O)[O-])C1/C=C/C(O)CCCCC. The Morgan fingerprint density at radius 3 is 2.64 bits per heavy atom. The molecule has 0 aromatic heterocycles. The van der Waals surface area contributed by atoms with Crippen LogP contribution in [0.5, 0.6) is 0 Å². The van der Waals surface area contributed by atoms with Gasteiger partial charge in [0.05, 0.1) is 12.0 Å². The molecule has 1 saturated carbocycles. The first-order valence-corrected chi connectivity index (χ1v) is 10.2. The molecule has 7 nitrogen and oxygen atoms in total. The van der Waals surface area contributed by atoms with E-state index in [0.29, 0.717) is 19.3 Å². The topological polar surface area (TPSA) is 118 Å². The van der Waals surface area contributed by atoms with E-state index in [1.807, 2.05) is 19.1 Å². The van der Waals surface area contributed by atoms with Crippen molar-refractivity contribution in [3.63, 3.8) is 0 Å². The van der Waals surface area contributed by atoms with E-state index in [9.17, 15) is 29.9 Å². The molecule has 0 saturated heterocycles. The van der Waals surface area contributed by atoms with Crippen molar-refractivity contribution in [2.75, 3.05) is 6.54 Å². The van der Waals surface area contributed by atoms with Gasteiger partial charge in [0.2, 0.25) is 6.54 Å². The Morgan fingerprint density at radius 2 is 2.07 bits per heavy atom. The van der Waals surface area contributed by atoms with Crippen LogP contribution in [0.1, 0.15) is 58.8 Å². The zero-order chi connectivity index (χ0) is 21.1. The first kappa shape index (κ1) is 24.0. The average Bonchev–Trinajstić information content (AvgIpc) is 2.91. The molecule has 0 amide bonds. The number of carboxylic acids is 1. The molecule has 0 aliphatic heterocycles. The second-order valence-electron chi connectivity index (χ2n) is 7.59. The Morgan fingerprint density at radius 1 is 1.36 bits per heavy atom. The molecule has 1 fully saturated rings. The summed E-state index contributed by atoms with van der Waals surface area (Å²) in [7, 11) is 0. The predicted octanol–water partition coefficient (Wildman–Crippen LogP) is 3.64. The van der Waals surface area contributed by atoms with Crippen LogP contribution in [0.3, 0.4) is 0 Å². The van der Waals surface area contributed by atoms with Gasteiger partial charge >= 0.3 is 5.97 Å². The number of unbranched alkanes of at least 4 members (excludes halogenated alkanes) is 2. The van der Waals surface area contributed by atoms with Crippen molar-refractivity contribution in [3.05, 3.63) is 34.4 Å². The number of aliphatic hydroxyl groups is 1. The van der Waals surface area contributed by atoms with Gasteiger partial charge in [-0.2, -0.15) is 0 Å². The van der Waals surface area contributed by atoms with Crippen molar-refractivity contribution in [1.29, 1.82) is 0 Å². The fourth-order valence-electron chi connectivity index (χ4n) is 4.04. The maximum atomic E-state index is 12.6. The Kier molecular flexibility index (Phi) is 10.7. The van der Waals surface area contributed by atoms with Gasteiger partial charge in [-0.25, -0.2) is 0 Å². The van der Waals surface area contributed by atoms with Crippen molar-refractivity contribution in [2.45, 2.75) is 64.9 Å². The lowest BCUT2D eigenvalue weighted by molar-refractivity contribution is -0.489. The number of aliphatic carboxylic acids is 1. The Labute approximate surface area is 166 Å². The smallest absolute Gasteiger partial charge is 0.307 e. The fraction of sp³-hybridized carbons (Fsp3) is 0.714. The largest absolute Gasteiger partial charge is 0.481 e. The maximum absolute atomic E-state index is 12.6. The van der Waals surface area contributed by atoms with Crippen molar-refractivity contribution in [1.82, 2.24) is 0 Å². The molecule has 1 rings (SSSR count). The number of carbonyl (C=O) groups is 2. The number of nitro groups is 1. The Hall–Kier alpha value is -2.02. The van der Waals surface area contributed by atoms with Gasteiger partial charge in [0.1, 0.15) is 5.78 Å². The van der Waals surface area contributed by atoms with Crippen LogP contribution < -0.4 is 0 Å². The van der Waals surface area contributed by atoms with Gasteiger partial charge in [0.25, 0.3) is 0 Å². The molecule has 1 aliphatic rings. The molecule has 1 aliphatic carbocycles.